The van der Waals surface area contributed by atoms with Crippen molar-refractivity contribution in [2.45, 2.75) is 26.9 Å². The van der Waals surface area contributed by atoms with Gasteiger partial charge in [0.15, 0.2) is 17.6 Å². The average molecular weight is 471 g/mol. The predicted molar refractivity (Wildman–Crippen MR) is 128 cm³/mol. The van der Waals surface area contributed by atoms with Crippen molar-refractivity contribution in [2.24, 2.45) is 0 Å². The van der Waals surface area contributed by atoms with Crippen molar-refractivity contribution < 1.29 is 33.3 Å². The third-order valence-electron chi connectivity index (χ3n) is 4.97. The Balaban J connectivity index is 1.92. The van der Waals surface area contributed by atoms with Gasteiger partial charge in [0, 0.05) is 23.4 Å². The molecule has 1 unspecified atom stereocenters. The molecule has 2 aromatic rings. The minimum Gasteiger partial charge on any atom is -0.496 e. The summed E-state index contributed by atoms with van der Waals surface area (Å²) >= 11 is 0. The number of amides is 2. The van der Waals surface area contributed by atoms with E-state index in [4.69, 9.17) is 18.9 Å². The molecule has 0 aliphatic carbocycles. The first-order valence-corrected chi connectivity index (χ1v) is 10.5. The van der Waals surface area contributed by atoms with Gasteiger partial charge in [0.25, 0.3) is 5.91 Å². The first-order valence-electron chi connectivity index (χ1n) is 10.5. The lowest BCUT2D eigenvalue weighted by atomic mass is 10.1. The molecular weight excluding hydrogens is 440 g/mol. The highest BCUT2D eigenvalue weighted by molar-refractivity contribution is 5.97. The van der Waals surface area contributed by atoms with Crippen LogP contribution in [0.15, 0.2) is 36.4 Å². The second-order valence-corrected chi connectivity index (χ2v) is 7.39. The Bertz CT molecular complexity index is 1060. The molecule has 0 radical (unpaired) electrons. The molecule has 0 saturated carbocycles. The minimum atomic E-state index is -1.10. The van der Waals surface area contributed by atoms with Gasteiger partial charge < -0.3 is 29.6 Å². The van der Waals surface area contributed by atoms with Crippen LogP contribution < -0.4 is 24.8 Å². The summed E-state index contributed by atoms with van der Waals surface area (Å²) in [4.78, 5) is 36.7. The van der Waals surface area contributed by atoms with E-state index in [9.17, 15) is 14.4 Å². The topological polar surface area (TPSA) is 112 Å². The largest absolute Gasteiger partial charge is 0.496 e. The summed E-state index contributed by atoms with van der Waals surface area (Å²) in [7, 11) is 4.48. The van der Waals surface area contributed by atoms with Crippen molar-refractivity contribution in [3.63, 3.8) is 0 Å². The normalized spacial score (nSPS) is 11.5. The van der Waals surface area contributed by atoms with Gasteiger partial charge in [0.05, 0.1) is 27.9 Å². The number of esters is 1. The quantitative estimate of drug-likeness (QED) is 0.405. The van der Waals surface area contributed by atoms with Crippen LogP contribution in [0.5, 0.6) is 17.2 Å². The lowest BCUT2D eigenvalue weighted by molar-refractivity contribution is -0.150. The molecule has 2 rings (SSSR count). The fourth-order valence-electron chi connectivity index (χ4n) is 3.11. The van der Waals surface area contributed by atoms with Gasteiger partial charge in [-0.15, -0.1) is 0 Å². The Kier molecular flexibility index (Phi) is 9.49. The van der Waals surface area contributed by atoms with Crippen LogP contribution in [0.2, 0.25) is 0 Å². The number of hydrogen-bond donors (Lipinski definition) is 2. The molecule has 9 nitrogen and oxygen atoms in total. The summed E-state index contributed by atoms with van der Waals surface area (Å²) in [5, 5.41) is 5.24. The van der Waals surface area contributed by atoms with Crippen LogP contribution in [-0.4, -0.2) is 51.8 Å². The fourth-order valence-corrected chi connectivity index (χ4v) is 3.11. The molecule has 0 bridgehead atoms. The Morgan fingerprint density at radius 1 is 0.941 bits per heavy atom. The van der Waals surface area contributed by atoms with Crippen LogP contribution >= 0.6 is 0 Å². The third kappa shape index (κ3) is 6.99. The number of carbonyl (C=O) groups is 3. The number of rotatable bonds is 10. The standard InChI is InChI=1S/C25H30N2O7/c1-15-8-7-9-16(2)24(15)27-22(28)14-26-25(30)17(3)34-23(29)11-10-18-12-20(32-5)21(33-6)13-19(18)31-4/h7-13,17H,14H2,1-6H3,(H,26,30)(H,27,28)/b11-10+. The number of benzene rings is 2. The van der Waals surface area contributed by atoms with Crippen LogP contribution in [0.25, 0.3) is 6.08 Å². The zero-order valence-corrected chi connectivity index (χ0v) is 20.2. The Morgan fingerprint density at radius 2 is 1.53 bits per heavy atom. The molecule has 2 N–H and O–H groups in total. The van der Waals surface area contributed by atoms with Crippen molar-refractivity contribution in [1.29, 1.82) is 0 Å². The Labute approximate surface area is 199 Å². The number of nitrogens with one attached hydrogen (secondary N) is 2. The van der Waals surface area contributed by atoms with E-state index in [1.165, 1.54) is 40.4 Å². The molecule has 0 aliphatic heterocycles. The molecule has 34 heavy (non-hydrogen) atoms. The van der Waals surface area contributed by atoms with Crippen LogP contribution in [0.1, 0.15) is 23.6 Å². The van der Waals surface area contributed by atoms with Crippen molar-refractivity contribution in [3.8, 4) is 17.2 Å². The lowest BCUT2D eigenvalue weighted by Crippen LogP contribution is -2.40. The van der Waals surface area contributed by atoms with E-state index in [0.717, 1.165) is 11.1 Å². The molecule has 0 fully saturated rings. The second kappa shape index (κ2) is 12.3. The van der Waals surface area contributed by atoms with E-state index in [0.29, 0.717) is 28.5 Å². The summed E-state index contributed by atoms with van der Waals surface area (Å²) in [6.07, 6.45) is 1.55. The van der Waals surface area contributed by atoms with Gasteiger partial charge in [-0.05, 0) is 44.0 Å². The van der Waals surface area contributed by atoms with Gasteiger partial charge in [-0.1, -0.05) is 18.2 Å². The molecule has 0 aliphatic rings. The van der Waals surface area contributed by atoms with Crippen molar-refractivity contribution in [3.05, 3.63) is 53.1 Å². The number of ether oxygens (including phenoxy) is 4. The molecule has 1 atom stereocenters. The van der Waals surface area contributed by atoms with Crippen LogP contribution in [0.3, 0.4) is 0 Å². The molecule has 0 heterocycles. The zero-order valence-electron chi connectivity index (χ0n) is 20.2. The van der Waals surface area contributed by atoms with E-state index in [2.05, 4.69) is 10.6 Å². The Morgan fingerprint density at radius 3 is 2.12 bits per heavy atom. The van der Waals surface area contributed by atoms with E-state index in [1.54, 1.807) is 12.1 Å². The number of methoxy groups -OCH3 is 3. The maximum absolute atomic E-state index is 12.3. The smallest absolute Gasteiger partial charge is 0.331 e. The molecule has 0 aromatic heterocycles. The highest BCUT2D eigenvalue weighted by atomic mass is 16.5. The van der Waals surface area contributed by atoms with Crippen molar-refractivity contribution in [1.82, 2.24) is 5.32 Å². The number of anilines is 1. The second-order valence-electron chi connectivity index (χ2n) is 7.39. The number of para-hydroxylation sites is 1. The number of hydrogen-bond acceptors (Lipinski definition) is 7. The average Bonchev–Trinajstić information content (AvgIpc) is 2.82. The van der Waals surface area contributed by atoms with E-state index < -0.39 is 18.0 Å². The van der Waals surface area contributed by atoms with Gasteiger partial charge in [-0.2, -0.15) is 0 Å². The monoisotopic (exact) mass is 470 g/mol. The molecule has 0 saturated heterocycles. The molecular formula is C25H30N2O7. The van der Waals surface area contributed by atoms with Crippen molar-refractivity contribution in [2.75, 3.05) is 33.2 Å². The summed E-state index contributed by atoms with van der Waals surface area (Å²) in [5.74, 6) is -0.317. The number of carbonyl (C=O) groups excluding carboxylic acids is 3. The van der Waals surface area contributed by atoms with Crippen LogP contribution in [0.4, 0.5) is 5.69 Å². The zero-order chi connectivity index (χ0) is 25.3. The molecule has 9 heteroatoms. The van der Waals surface area contributed by atoms with Gasteiger partial charge >= 0.3 is 5.97 Å². The van der Waals surface area contributed by atoms with Gasteiger partial charge in [-0.25, -0.2) is 4.79 Å². The molecule has 182 valence electrons. The third-order valence-corrected chi connectivity index (χ3v) is 4.97. The van der Waals surface area contributed by atoms with Gasteiger partial charge in [-0.3, -0.25) is 9.59 Å². The van der Waals surface area contributed by atoms with Gasteiger partial charge in [0.1, 0.15) is 5.75 Å². The summed E-state index contributed by atoms with van der Waals surface area (Å²) in [6, 6.07) is 8.94. The number of aryl methyl sites for hydroxylation is 2. The highest BCUT2D eigenvalue weighted by Gasteiger charge is 2.18. The van der Waals surface area contributed by atoms with E-state index >= 15 is 0 Å². The maximum Gasteiger partial charge on any atom is 0.331 e. The molecule has 2 amide bonds. The fraction of sp³-hybridized carbons (Fsp3) is 0.320. The SMILES string of the molecule is COc1cc(OC)c(OC)cc1/C=C/C(=O)OC(C)C(=O)NCC(=O)Nc1c(C)cccc1C. The Hall–Kier alpha value is -4.01. The minimum absolute atomic E-state index is 0.257. The van der Waals surface area contributed by atoms with Crippen LogP contribution in [0, 0.1) is 13.8 Å². The summed E-state index contributed by atoms with van der Waals surface area (Å²) < 4.78 is 20.9. The van der Waals surface area contributed by atoms with Crippen molar-refractivity contribution >= 4 is 29.5 Å². The van der Waals surface area contributed by atoms with Crippen LogP contribution in [-0.2, 0) is 19.1 Å². The van der Waals surface area contributed by atoms with Gasteiger partial charge in [0.2, 0.25) is 5.91 Å². The van der Waals surface area contributed by atoms with E-state index in [1.807, 2.05) is 32.0 Å². The lowest BCUT2D eigenvalue weighted by Gasteiger charge is -2.14. The predicted octanol–water partition coefficient (Wildman–Crippen LogP) is 3.03. The molecule has 0 spiro atoms. The highest BCUT2D eigenvalue weighted by Crippen LogP contribution is 2.35. The molecule has 2 aromatic carbocycles. The van der Waals surface area contributed by atoms with E-state index in [-0.39, 0.29) is 12.5 Å². The first-order chi connectivity index (χ1) is 16.2. The summed E-state index contributed by atoms with van der Waals surface area (Å²) in [5.41, 5.74) is 3.09. The maximum atomic E-state index is 12.3. The first kappa shape index (κ1) is 26.2. The summed E-state index contributed by atoms with van der Waals surface area (Å²) in [6.45, 7) is 4.93.